The number of hydrogen-bond acceptors (Lipinski definition) is 0. The monoisotopic (exact) mass is 260 g/mol. The second-order valence-corrected chi connectivity index (χ2v) is 4.72. The Morgan fingerprint density at radius 3 is 1.94 bits per heavy atom. The lowest BCUT2D eigenvalue weighted by Crippen LogP contribution is -2.11. The molecule has 0 bridgehead atoms. The fourth-order valence-electron chi connectivity index (χ4n) is 1.61. The quantitative estimate of drug-likeness (QED) is 0.516. The molecule has 0 N–H and O–H groups in total. The molecule has 0 fully saturated rings. The molecule has 0 saturated carbocycles. The van der Waals surface area contributed by atoms with Gasteiger partial charge in [0.2, 0.25) is 0 Å². The number of rotatable bonds is 6. The van der Waals surface area contributed by atoms with Gasteiger partial charge in [-0.05, 0) is 53.4 Å². The predicted molar refractivity (Wildman–Crippen MR) is 71.5 cm³/mol. The summed E-state index contributed by atoms with van der Waals surface area (Å²) in [6.45, 7) is 7.50. The largest absolute Gasteiger partial charge is 0.412 e. The molecule has 18 heavy (non-hydrogen) atoms. The Hall–Kier alpha value is -0.990. The molecule has 0 aliphatic heterocycles. The second-order valence-electron chi connectivity index (χ2n) is 4.72. The van der Waals surface area contributed by atoms with Crippen LogP contribution in [0.5, 0.6) is 0 Å². The SMILES string of the molecule is C/C=C(\CC/C=C(\C)CCC=C(C)C)C(F)(F)F. The number of alkyl halides is 3. The zero-order valence-corrected chi connectivity index (χ0v) is 11.7. The lowest BCUT2D eigenvalue weighted by Gasteiger charge is -2.10. The summed E-state index contributed by atoms with van der Waals surface area (Å²) in [6, 6.07) is 0. The van der Waals surface area contributed by atoms with Crippen LogP contribution in [-0.4, -0.2) is 6.18 Å². The van der Waals surface area contributed by atoms with Gasteiger partial charge in [0.05, 0.1) is 0 Å². The van der Waals surface area contributed by atoms with E-state index in [1.807, 2.05) is 26.8 Å². The van der Waals surface area contributed by atoms with E-state index in [0.29, 0.717) is 6.42 Å². The molecule has 0 aromatic heterocycles. The van der Waals surface area contributed by atoms with Crippen molar-refractivity contribution in [3.05, 3.63) is 34.9 Å². The Balaban J connectivity index is 4.12. The van der Waals surface area contributed by atoms with Crippen LogP contribution in [0.15, 0.2) is 34.9 Å². The fraction of sp³-hybridized carbons (Fsp3) is 0.600. The molecule has 0 aliphatic rings. The van der Waals surface area contributed by atoms with Crippen LogP contribution in [0.3, 0.4) is 0 Å². The highest BCUT2D eigenvalue weighted by Gasteiger charge is 2.31. The van der Waals surface area contributed by atoms with Gasteiger partial charge in [-0.2, -0.15) is 13.2 Å². The Labute approximate surface area is 108 Å². The highest BCUT2D eigenvalue weighted by molar-refractivity contribution is 5.10. The van der Waals surface area contributed by atoms with Gasteiger partial charge in [-0.25, -0.2) is 0 Å². The maximum atomic E-state index is 12.4. The summed E-state index contributed by atoms with van der Waals surface area (Å²) in [4.78, 5) is 0. The molecule has 0 aromatic carbocycles. The van der Waals surface area contributed by atoms with E-state index in [1.165, 1.54) is 12.5 Å². The van der Waals surface area contributed by atoms with Crippen LogP contribution in [0.25, 0.3) is 0 Å². The summed E-state index contributed by atoms with van der Waals surface area (Å²) in [5.41, 5.74) is 2.00. The summed E-state index contributed by atoms with van der Waals surface area (Å²) in [5.74, 6) is 0. The minimum Gasteiger partial charge on any atom is -0.166 e. The third-order valence-corrected chi connectivity index (χ3v) is 2.71. The Morgan fingerprint density at radius 1 is 0.944 bits per heavy atom. The average Bonchev–Trinajstić information content (AvgIpc) is 2.22. The molecule has 3 heteroatoms. The van der Waals surface area contributed by atoms with Crippen molar-refractivity contribution < 1.29 is 13.2 Å². The molecule has 0 nitrogen and oxygen atoms in total. The van der Waals surface area contributed by atoms with Gasteiger partial charge >= 0.3 is 6.18 Å². The van der Waals surface area contributed by atoms with Crippen LogP contribution in [0, 0.1) is 0 Å². The first-order chi connectivity index (χ1) is 8.27. The van der Waals surface area contributed by atoms with Gasteiger partial charge in [0.15, 0.2) is 0 Å². The zero-order valence-electron chi connectivity index (χ0n) is 11.7. The Bertz CT molecular complexity index is 326. The molecule has 104 valence electrons. The highest BCUT2D eigenvalue weighted by Crippen LogP contribution is 2.29. The maximum absolute atomic E-state index is 12.4. The van der Waals surface area contributed by atoms with Crippen molar-refractivity contribution in [2.24, 2.45) is 0 Å². The maximum Gasteiger partial charge on any atom is 0.412 e. The van der Waals surface area contributed by atoms with Crippen LogP contribution in [-0.2, 0) is 0 Å². The molecule has 0 unspecified atom stereocenters. The van der Waals surface area contributed by atoms with Crippen molar-refractivity contribution in [2.75, 3.05) is 0 Å². The zero-order chi connectivity index (χ0) is 14.2. The molecule has 0 rings (SSSR count). The lowest BCUT2D eigenvalue weighted by atomic mass is 10.1. The molecule has 0 spiro atoms. The van der Waals surface area contributed by atoms with E-state index < -0.39 is 11.7 Å². The third-order valence-electron chi connectivity index (χ3n) is 2.71. The van der Waals surface area contributed by atoms with E-state index in [4.69, 9.17) is 0 Å². The van der Waals surface area contributed by atoms with Crippen LogP contribution in [0.1, 0.15) is 53.4 Å². The molecule has 0 aromatic rings. The Kier molecular flexibility index (Phi) is 7.72. The third kappa shape index (κ3) is 8.15. The molecular formula is C15H23F3. The van der Waals surface area contributed by atoms with E-state index >= 15 is 0 Å². The van der Waals surface area contributed by atoms with Crippen molar-refractivity contribution >= 4 is 0 Å². The number of hydrogen-bond donors (Lipinski definition) is 0. The van der Waals surface area contributed by atoms with E-state index in [-0.39, 0.29) is 6.42 Å². The minimum atomic E-state index is -4.18. The summed E-state index contributed by atoms with van der Waals surface area (Å²) >= 11 is 0. The van der Waals surface area contributed by atoms with Crippen molar-refractivity contribution in [1.82, 2.24) is 0 Å². The predicted octanol–water partition coefficient (Wildman–Crippen LogP) is 5.97. The highest BCUT2D eigenvalue weighted by atomic mass is 19.4. The fourth-order valence-corrected chi connectivity index (χ4v) is 1.61. The standard InChI is InChI=1S/C15H23F3/c1-5-14(15(16,17)18)11-7-10-13(4)9-6-8-12(2)3/h5,8,10H,6-7,9,11H2,1-4H3/b13-10+,14-5+. The summed E-state index contributed by atoms with van der Waals surface area (Å²) < 4.78 is 37.3. The van der Waals surface area contributed by atoms with Gasteiger partial charge in [-0.15, -0.1) is 0 Å². The van der Waals surface area contributed by atoms with Crippen LogP contribution in [0.4, 0.5) is 13.2 Å². The minimum absolute atomic E-state index is 0.0694. The first-order valence-electron chi connectivity index (χ1n) is 6.28. The second kappa shape index (κ2) is 8.17. The van der Waals surface area contributed by atoms with Gasteiger partial charge in [0.1, 0.15) is 0 Å². The van der Waals surface area contributed by atoms with Crippen molar-refractivity contribution in [3.63, 3.8) is 0 Å². The summed E-state index contributed by atoms with van der Waals surface area (Å²) in [6.07, 6.45) is 3.44. The topological polar surface area (TPSA) is 0 Å². The van der Waals surface area contributed by atoms with Gasteiger partial charge in [0.25, 0.3) is 0 Å². The van der Waals surface area contributed by atoms with Gasteiger partial charge < -0.3 is 0 Å². The van der Waals surface area contributed by atoms with E-state index in [0.717, 1.165) is 24.5 Å². The van der Waals surface area contributed by atoms with E-state index in [9.17, 15) is 13.2 Å². The van der Waals surface area contributed by atoms with Crippen LogP contribution < -0.4 is 0 Å². The van der Waals surface area contributed by atoms with Crippen LogP contribution in [0.2, 0.25) is 0 Å². The van der Waals surface area contributed by atoms with Gasteiger partial charge in [-0.1, -0.05) is 29.4 Å². The van der Waals surface area contributed by atoms with Crippen molar-refractivity contribution in [3.8, 4) is 0 Å². The molecular weight excluding hydrogens is 237 g/mol. The average molecular weight is 260 g/mol. The van der Waals surface area contributed by atoms with E-state index in [2.05, 4.69) is 6.08 Å². The molecule has 0 saturated heterocycles. The van der Waals surface area contributed by atoms with Crippen molar-refractivity contribution in [1.29, 1.82) is 0 Å². The smallest absolute Gasteiger partial charge is 0.166 e. The van der Waals surface area contributed by atoms with E-state index in [1.54, 1.807) is 0 Å². The lowest BCUT2D eigenvalue weighted by molar-refractivity contribution is -0.0940. The normalized spacial score (nSPS) is 13.7. The first kappa shape index (κ1) is 17.0. The molecule has 0 amide bonds. The molecule has 0 heterocycles. The molecule has 0 radical (unpaired) electrons. The number of halogens is 3. The van der Waals surface area contributed by atoms with Crippen molar-refractivity contribution in [2.45, 2.75) is 59.6 Å². The number of allylic oxidation sites excluding steroid dienone is 6. The van der Waals surface area contributed by atoms with Gasteiger partial charge in [-0.3, -0.25) is 0 Å². The molecule has 0 atom stereocenters. The molecule has 0 aliphatic carbocycles. The van der Waals surface area contributed by atoms with Gasteiger partial charge in [0, 0.05) is 5.57 Å². The summed E-state index contributed by atoms with van der Waals surface area (Å²) in [5, 5.41) is 0. The van der Waals surface area contributed by atoms with Crippen LogP contribution >= 0.6 is 0 Å². The Morgan fingerprint density at radius 2 is 1.50 bits per heavy atom. The summed E-state index contributed by atoms with van der Waals surface area (Å²) in [7, 11) is 0. The first-order valence-corrected chi connectivity index (χ1v) is 6.28.